The SMILES string of the molecule is c1ccc(-c2cc3cccc4c5c(-c6ccccc6)c(-c6ccccc6)c6ccccc(c5-6)c(c2-c2ccccc2)c34)cc1. The van der Waals surface area contributed by atoms with Crippen molar-refractivity contribution in [2.24, 2.45) is 0 Å². The van der Waals surface area contributed by atoms with E-state index >= 15 is 0 Å². The van der Waals surface area contributed by atoms with Crippen molar-refractivity contribution in [2.75, 3.05) is 0 Å². The summed E-state index contributed by atoms with van der Waals surface area (Å²) >= 11 is 0. The van der Waals surface area contributed by atoms with Gasteiger partial charge in [0, 0.05) is 0 Å². The molecule has 0 heteroatoms. The maximum atomic E-state index is 2.41. The molecule has 0 aromatic heterocycles. The Morgan fingerprint density at radius 1 is 0.250 bits per heavy atom. The molecule has 0 radical (unpaired) electrons. The van der Waals surface area contributed by atoms with Crippen LogP contribution in [0, 0.1) is 0 Å². The monoisotopic (exact) mass is 556 g/mol. The standard InChI is InChI=1S/C44H28/c1-5-16-29(17-6-1)37-28-33-24-15-27-35-40(33)43(39(37)31-20-9-3-10-21-31)36-26-14-13-25-34-38(30-18-7-2-8-19-30)41(44(35)42(34)36)32-22-11-4-12-23-32/h1-28H. The van der Waals surface area contributed by atoms with Gasteiger partial charge in [-0.05, 0) is 94.0 Å². The van der Waals surface area contributed by atoms with E-state index in [1.54, 1.807) is 0 Å². The van der Waals surface area contributed by atoms with E-state index in [1.165, 1.54) is 88.0 Å². The molecular formula is C44H28. The van der Waals surface area contributed by atoms with Crippen LogP contribution in [0.1, 0.15) is 0 Å². The fourth-order valence-corrected chi connectivity index (χ4v) is 7.44. The number of hydrogen-bond donors (Lipinski definition) is 0. The van der Waals surface area contributed by atoms with E-state index in [0.717, 1.165) is 0 Å². The van der Waals surface area contributed by atoms with Crippen LogP contribution >= 0.6 is 0 Å². The minimum atomic E-state index is 1.23. The van der Waals surface area contributed by atoms with Crippen molar-refractivity contribution in [1.29, 1.82) is 0 Å². The molecule has 7 aromatic carbocycles. The van der Waals surface area contributed by atoms with Crippen LogP contribution < -0.4 is 0 Å². The third-order valence-electron chi connectivity index (χ3n) is 9.17. The van der Waals surface area contributed by atoms with Crippen molar-refractivity contribution in [1.82, 2.24) is 0 Å². The van der Waals surface area contributed by atoms with Crippen LogP contribution in [-0.2, 0) is 0 Å². The minimum Gasteiger partial charge on any atom is -0.0622 e. The van der Waals surface area contributed by atoms with Gasteiger partial charge in [-0.25, -0.2) is 0 Å². The van der Waals surface area contributed by atoms with Crippen molar-refractivity contribution in [3.05, 3.63) is 170 Å². The third kappa shape index (κ3) is 3.65. The second-order valence-corrected chi connectivity index (χ2v) is 11.6. The summed E-state index contributed by atoms with van der Waals surface area (Å²) in [5.41, 5.74) is 12.7. The molecule has 0 nitrogen and oxygen atoms in total. The van der Waals surface area contributed by atoms with Crippen LogP contribution in [0.4, 0.5) is 0 Å². The fraction of sp³-hybridized carbons (Fsp3) is 0. The summed E-state index contributed by atoms with van der Waals surface area (Å²) in [4.78, 5) is 0. The summed E-state index contributed by atoms with van der Waals surface area (Å²) in [6, 6.07) is 62.1. The molecule has 9 rings (SSSR count). The lowest BCUT2D eigenvalue weighted by Gasteiger charge is -2.20. The van der Waals surface area contributed by atoms with Gasteiger partial charge in [0.2, 0.25) is 0 Å². The molecule has 0 saturated heterocycles. The molecular weight excluding hydrogens is 528 g/mol. The van der Waals surface area contributed by atoms with Crippen LogP contribution in [0.25, 0.3) is 88.0 Å². The predicted molar refractivity (Wildman–Crippen MR) is 189 cm³/mol. The van der Waals surface area contributed by atoms with Gasteiger partial charge in [0.05, 0.1) is 0 Å². The average Bonchev–Trinajstić information content (AvgIpc) is 3.29. The van der Waals surface area contributed by atoms with Crippen LogP contribution in [0.3, 0.4) is 0 Å². The van der Waals surface area contributed by atoms with Gasteiger partial charge in [-0.15, -0.1) is 0 Å². The highest BCUT2D eigenvalue weighted by Crippen LogP contribution is 2.56. The highest BCUT2D eigenvalue weighted by atomic mass is 14.3. The summed E-state index contributed by atoms with van der Waals surface area (Å²) in [5, 5.41) is 7.84. The zero-order chi connectivity index (χ0) is 29.0. The predicted octanol–water partition coefficient (Wildman–Crippen LogP) is 12.4. The number of fused-ring (bicyclic) bond motifs is 2. The molecule has 0 atom stereocenters. The Balaban J connectivity index is 1.58. The van der Waals surface area contributed by atoms with Crippen molar-refractivity contribution in [3.63, 3.8) is 0 Å². The van der Waals surface area contributed by atoms with E-state index in [9.17, 15) is 0 Å². The first-order valence-corrected chi connectivity index (χ1v) is 15.3. The quantitative estimate of drug-likeness (QED) is 0.202. The van der Waals surface area contributed by atoms with Crippen LogP contribution in [-0.4, -0.2) is 0 Å². The molecule has 7 aromatic rings. The largest absolute Gasteiger partial charge is 0.0622 e. The highest BCUT2D eigenvalue weighted by molar-refractivity contribution is 6.37. The Labute approximate surface area is 257 Å². The fourth-order valence-electron chi connectivity index (χ4n) is 7.44. The molecule has 44 heavy (non-hydrogen) atoms. The Kier molecular flexibility index (Phi) is 5.61. The van der Waals surface area contributed by atoms with Crippen molar-refractivity contribution >= 4 is 32.3 Å². The van der Waals surface area contributed by atoms with Gasteiger partial charge in [0.1, 0.15) is 0 Å². The Morgan fingerprint density at radius 3 is 1.39 bits per heavy atom. The second kappa shape index (κ2) is 9.93. The summed E-state index contributed by atoms with van der Waals surface area (Å²) in [7, 11) is 0. The molecule has 0 unspecified atom stereocenters. The minimum absolute atomic E-state index is 1.23. The van der Waals surface area contributed by atoms with Gasteiger partial charge in [-0.2, -0.15) is 0 Å². The number of rotatable bonds is 4. The third-order valence-corrected chi connectivity index (χ3v) is 9.17. The van der Waals surface area contributed by atoms with Gasteiger partial charge < -0.3 is 0 Å². The normalized spacial score (nSPS) is 11.6. The van der Waals surface area contributed by atoms with Crippen molar-refractivity contribution in [2.45, 2.75) is 0 Å². The molecule has 0 saturated carbocycles. The molecule has 0 fully saturated rings. The van der Waals surface area contributed by atoms with E-state index in [1.807, 2.05) is 0 Å². The molecule has 0 amide bonds. The molecule has 0 spiro atoms. The lowest BCUT2D eigenvalue weighted by atomic mass is 9.82. The summed E-state index contributed by atoms with van der Waals surface area (Å²) in [5.74, 6) is 0. The maximum Gasteiger partial charge on any atom is -0.000741 e. The van der Waals surface area contributed by atoms with Gasteiger partial charge in [0.25, 0.3) is 0 Å². The van der Waals surface area contributed by atoms with Crippen molar-refractivity contribution < 1.29 is 0 Å². The van der Waals surface area contributed by atoms with Crippen LogP contribution in [0.15, 0.2) is 170 Å². The molecule has 0 aliphatic heterocycles. The maximum absolute atomic E-state index is 2.41. The smallest absolute Gasteiger partial charge is 0.000741 e. The summed E-state index contributed by atoms with van der Waals surface area (Å²) < 4.78 is 0. The lowest BCUT2D eigenvalue weighted by molar-refractivity contribution is 1.62. The Hall–Kier alpha value is -5.72. The zero-order valence-corrected chi connectivity index (χ0v) is 24.2. The van der Waals surface area contributed by atoms with Crippen LogP contribution in [0.2, 0.25) is 0 Å². The van der Waals surface area contributed by atoms with Crippen molar-refractivity contribution in [3.8, 4) is 55.6 Å². The first kappa shape index (κ1) is 24.8. The number of benzene rings is 7. The second-order valence-electron chi connectivity index (χ2n) is 11.6. The highest BCUT2D eigenvalue weighted by Gasteiger charge is 2.29. The number of hydrogen-bond acceptors (Lipinski definition) is 0. The first-order chi connectivity index (χ1) is 21.9. The summed E-state index contributed by atoms with van der Waals surface area (Å²) in [6.45, 7) is 0. The average molecular weight is 557 g/mol. The van der Waals surface area contributed by atoms with E-state index < -0.39 is 0 Å². The van der Waals surface area contributed by atoms with Gasteiger partial charge in [0.15, 0.2) is 0 Å². The topological polar surface area (TPSA) is 0 Å². The van der Waals surface area contributed by atoms with Gasteiger partial charge in [-0.3, -0.25) is 0 Å². The van der Waals surface area contributed by atoms with Gasteiger partial charge in [-0.1, -0.05) is 164 Å². The molecule has 0 bridgehead atoms. The molecule has 204 valence electrons. The molecule has 2 aliphatic rings. The van der Waals surface area contributed by atoms with Crippen LogP contribution in [0.5, 0.6) is 0 Å². The van der Waals surface area contributed by atoms with E-state index in [4.69, 9.17) is 0 Å². The van der Waals surface area contributed by atoms with E-state index in [0.29, 0.717) is 0 Å². The Bertz CT molecular complexity index is 2390. The first-order valence-electron chi connectivity index (χ1n) is 15.3. The molecule has 0 N–H and O–H groups in total. The lowest BCUT2D eigenvalue weighted by Crippen LogP contribution is -1.93. The molecule has 0 heterocycles. The summed E-state index contributed by atoms with van der Waals surface area (Å²) in [6.07, 6.45) is 0. The zero-order valence-electron chi connectivity index (χ0n) is 24.2. The molecule has 2 aliphatic carbocycles. The van der Waals surface area contributed by atoms with E-state index in [-0.39, 0.29) is 0 Å². The Morgan fingerprint density at radius 2 is 0.750 bits per heavy atom. The van der Waals surface area contributed by atoms with E-state index in [2.05, 4.69) is 170 Å². The van der Waals surface area contributed by atoms with Gasteiger partial charge >= 0.3 is 0 Å².